The zero-order chi connectivity index (χ0) is 14.9. The van der Waals surface area contributed by atoms with Crippen molar-refractivity contribution in [2.45, 2.75) is 12.5 Å². The van der Waals surface area contributed by atoms with Gasteiger partial charge >= 0.3 is 0 Å². The normalized spacial score (nSPS) is 18.0. The average Bonchev–Trinajstić information content (AvgIpc) is 3.24. The molecule has 6 nitrogen and oxygen atoms in total. The lowest BCUT2D eigenvalue weighted by molar-refractivity contribution is 0.0782. The van der Waals surface area contributed by atoms with Crippen LogP contribution in [0.25, 0.3) is 10.8 Å². The standard InChI is InChI=1S/C16H15N5O/c22-16(15-14-4-2-1-3-12(14)5-7-17-15)20-10-6-13(11-20)21-18-8-9-19-21/h1-5,7-9,13H,6,10-11H2. The number of carbonyl (C=O) groups excluding carboxylic acids is 1. The molecule has 1 aromatic carbocycles. The van der Waals surface area contributed by atoms with E-state index in [0.717, 1.165) is 17.2 Å². The minimum atomic E-state index is -0.0218. The number of pyridine rings is 1. The van der Waals surface area contributed by atoms with Gasteiger partial charge in [0.05, 0.1) is 18.4 Å². The monoisotopic (exact) mass is 293 g/mol. The third-order valence-electron chi connectivity index (χ3n) is 4.09. The van der Waals surface area contributed by atoms with Crippen LogP contribution in [-0.4, -0.2) is 43.9 Å². The first-order valence-electron chi connectivity index (χ1n) is 7.32. The van der Waals surface area contributed by atoms with Gasteiger partial charge in [0.1, 0.15) is 5.69 Å². The summed E-state index contributed by atoms with van der Waals surface area (Å²) in [6.45, 7) is 1.33. The maximum absolute atomic E-state index is 12.8. The van der Waals surface area contributed by atoms with Crippen LogP contribution in [0, 0.1) is 0 Å². The number of rotatable bonds is 2. The zero-order valence-electron chi connectivity index (χ0n) is 12.0. The molecular weight excluding hydrogens is 278 g/mol. The Bertz CT molecular complexity index is 809. The number of carbonyl (C=O) groups is 1. The Labute approximate surface area is 127 Å². The van der Waals surface area contributed by atoms with Crippen molar-refractivity contribution in [2.24, 2.45) is 0 Å². The van der Waals surface area contributed by atoms with Crippen LogP contribution in [0.5, 0.6) is 0 Å². The van der Waals surface area contributed by atoms with Gasteiger partial charge in [-0.05, 0) is 17.9 Å². The molecule has 1 aliphatic heterocycles. The molecule has 1 amide bonds. The van der Waals surface area contributed by atoms with Crippen molar-refractivity contribution in [3.8, 4) is 0 Å². The Kier molecular flexibility index (Phi) is 3.07. The van der Waals surface area contributed by atoms with Crippen LogP contribution in [0.15, 0.2) is 48.9 Å². The highest BCUT2D eigenvalue weighted by Gasteiger charge is 2.30. The first-order valence-corrected chi connectivity index (χ1v) is 7.32. The summed E-state index contributed by atoms with van der Waals surface area (Å²) in [6, 6.07) is 9.90. The summed E-state index contributed by atoms with van der Waals surface area (Å²) in [6.07, 6.45) is 5.89. The van der Waals surface area contributed by atoms with E-state index in [0.29, 0.717) is 18.8 Å². The van der Waals surface area contributed by atoms with Crippen molar-refractivity contribution in [3.05, 3.63) is 54.6 Å². The summed E-state index contributed by atoms with van der Waals surface area (Å²) < 4.78 is 0. The molecule has 1 atom stereocenters. The second kappa shape index (κ2) is 5.22. The van der Waals surface area contributed by atoms with Gasteiger partial charge < -0.3 is 4.90 Å². The number of hydrogen-bond acceptors (Lipinski definition) is 4. The van der Waals surface area contributed by atoms with Crippen molar-refractivity contribution in [1.82, 2.24) is 24.9 Å². The van der Waals surface area contributed by atoms with E-state index in [2.05, 4.69) is 15.2 Å². The Morgan fingerprint density at radius 2 is 1.91 bits per heavy atom. The number of amides is 1. The molecule has 110 valence electrons. The minimum Gasteiger partial charge on any atom is -0.335 e. The molecular formula is C16H15N5O. The van der Waals surface area contributed by atoms with E-state index < -0.39 is 0 Å². The lowest BCUT2D eigenvalue weighted by Gasteiger charge is -2.16. The minimum absolute atomic E-state index is 0.0218. The molecule has 22 heavy (non-hydrogen) atoms. The molecule has 1 aliphatic rings. The molecule has 0 N–H and O–H groups in total. The van der Waals surface area contributed by atoms with Gasteiger partial charge in [0, 0.05) is 24.7 Å². The summed E-state index contributed by atoms with van der Waals surface area (Å²) in [5.41, 5.74) is 0.521. The van der Waals surface area contributed by atoms with Gasteiger partial charge in [-0.3, -0.25) is 9.78 Å². The largest absolute Gasteiger partial charge is 0.335 e. The van der Waals surface area contributed by atoms with Gasteiger partial charge in [-0.2, -0.15) is 15.0 Å². The van der Waals surface area contributed by atoms with E-state index in [-0.39, 0.29) is 11.9 Å². The van der Waals surface area contributed by atoms with Gasteiger partial charge in [0.15, 0.2) is 0 Å². The van der Waals surface area contributed by atoms with Crippen molar-refractivity contribution in [2.75, 3.05) is 13.1 Å². The van der Waals surface area contributed by atoms with Crippen LogP contribution >= 0.6 is 0 Å². The third kappa shape index (κ3) is 2.13. The van der Waals surface area contributed by atoms with Gasteiger partial charge in [0.25, 0.3) is 5.91 Å². The molecule has 4 rings (SSSR count). The number of nitrogens with zero attached hydrogens (tertiary/aromatic N) is 5. The fraction of sp³-hybridized carbons (Fsp3) is 0.250. The lowest BCUT2D eigenvalue weighted by Crippen LogP contribution is -2.30. The molecule has 3 heterocycles. The smallest absolute Gasteiger partial charge is 0.273 e. The molecule has 0 radical (unpaired) electrons. The summed E-state index contributed by atoms with van der Waals surface area (Å²) in [4.78, 5) is 20.6. The summed E-state index contributed by atoms with van der Waals surface area (Å²) in [5, 5.41) is 10.3. The Hall–Kier alpha value is -2.76. The van der Waals surface area contributed by atoms with Crippen LogP contribution in [0.2, 0.25) is 0 Å². The predicted molar refractivity (Wildman–Crippen MR) is 81.3 cm³/mol. The highest BCUT2D eigenvalue weighted by Crippen LogP contribution is 2.24. The quantitative estimate of drug-likeness (QED) is 0.724. The van der Waals surface area contributed by atoms with E-state index in [9.17, 15) is 4.79 Å². The third-order valence-corrected chi connectivity index (χ3v) is 4.09. The van der Waals surface area contributed by atoms with Crippen LogP contribution in [0.4, 0.5) is 0 Å². The van der Waals surface area contributed by atoms with Crippen molar-refractivity contribution >= 4 is 16.7 Å². The maximum Gasteiger partial charge on any atom is 0.273 e. The maximum atomic E-state index is 12.8. The molecule has 1 fully saturated rings. The molecule has 2 aromatic heterocycles. The first-order chi connectivity index (χ1) is 10.8. The van der Waals surface area contributed by atoms with Crippen LogP contribution in [-0.2, 0) is 0 Å². The van der Waals surface area contributed by atoms with Gasteiger partial charge in [-0.15, -0.1) is 0 Å². The predicted octanol–water partition coefficient (Wildman–Crippen LogP) is 1.91. The van der Waals surface area contributed by atoms with Gasteiger partial charge in [0.2, 0.25) is 0 Å². The number of aromatic nitrogens is 4. The highest BCUT2D eigenvalue weighted by atomic mass is 16.2. The SMILES string of the molecule is O=C(c1nccc2ccccc12)N1CCC(n2nccn2)C1. The van der Waals surface area contributed by atoms with Crippen LogP contribution in [0.1, 0.15) is 23.0 Å². The Balaban J connectivity index is 1.62. The fourth-order valence-electron chi connectivity index (χ4n) is 2.97. The number of benzene rings is 1. The lowest BCUT2D eigenvalue weighted by atomic mass is 10.1. The molecule has 6 heteroatoms. The molecule has 1 unspecified atom stereocenters. The van der Waals surface area contributed by atoms with Crippen LogP contribution in [0.3, 0.4) is 0 Å². The van der Waals surface area contributed by atoms with Gasteiger partial charge in [-0.1, -0.05) is 24.3 Å². The van der Waals surface area contributed by atoms with E-state index in [1.54, 1.807) is 23.4 Å². The van der Waals surface area contributed by atoms with E-state index >= 15 is 0 Å². The highest BCUT2D eigenvalue weighted by molar-refractivity contribution is 6.05. The first kappa shape index (κ1) is 12.9. The van der Waals surface area contributed by atoms with Crippen molar-refractivity contribution in [3.63, 3.8) is 0 Å². The van der Waals surface area contributed by atoms with Crippen molar-refractivity contribution in [1.29, 1.82) is 0 Å². The number of fused-ring (bicyclic) bond motifs is 1. The average molecular weight is 293 g/mol. The summed E-state index contributed by atoms with van der Waals surface area (Å²) >= 11 is 0. The van der Waals surface area contributed by atoms with Gasteiger partial charge in [-0.25, -0.2) is 0 Å². The molecule has 0 bridgehead atoms. The number of likely N-dealkylation sites (tertiary alicyclic amines) is 1. The molecule has 0 spiro atoms. The fourth-order valence-corrected chi connectivity index (χ4v) is 2.97. The summed E-state index contributed by atoms with van der Waals surface area (Å²) in [7, 11) is 0. The van der Waals surface area contributed by atoms with E-state index in [1.165, 1.54) is 0 Å². The second-order valence-corrected chi connectivity index (χ2v) is 5.42. The second-order valence-electron chi connectivity index (χ2n) is 5.42. The molecule has 1 saturated heterocycles. The molecule has 0 saturated carbocycles. The number of hydrogen-bond donors (Lipinski definition) is 0. The zero-order valence-corrected chi connectivity index (χ0v) is 12.0. The molecule has 0 aliphatic carbocycles. The summed E-state index contributed by atoms with van der Waals surface area (Å²) in [5.74, 6) is -0.0218. The topological polar surface area (TPSA) is 63.9 Å². The Morgan fingerprint density at radius 1 is 1.09 bits per heavy atom. The Morgan fingerprint density at radius 3 is 2.77 bits per heavy atom. The van der Waals surface area contributed by atoms with Crippen molar-refractivity contribution < 1.29 is 4.79 Å². The van der Waals surface area contributed by atoms with E-state index in [4.69, 9.17) is 0 Å². The van der Waals surface area contributed by atoms with Crippen LogP contribution < -0.4 is 0 Å². The molecule has 3 aromatic rings. The van der Waals surface area contributed by atoms with E-state index in [1.807, 2.05) is 35.2 Å².